The molecule has 0 atom stereocenters. The number of nitrogens with one attached hydrogen (secondary N) is 1. The monoisotopic (exact) mass is 255 g/mol. The number of carboxylic acids is 1. The molecule has 0 fully saturated rings. The van der Waals surface area contributed by atoms with Crippen molar-refractivity contribution in [3.63, 3.8) is 0 Å². The molecule has 4 N–H and O–H groups in total. The largest absolute Gasteiger partial charge is 0.478 e. The quantitative estimate of drug-likeness (QED) is 0.594. The molecule has 94 valence electrons. The van der Waals surface area contributed by atoms with Crippen LogP contribution in [0.3, 0.4) is 0 Å². The summed E-state index contributed by atoms with van der Waals surface area (Å²) in [5, 5.41) is 19.3. The zero-order chi connectivity index (χ0) is 13.4. The van der Waals surface area contributed by atoms with Gasteiger partial charge in [-0.15, -0.1) is 5.10 Å². The molecule has 0 bridgehead atoms. The molecule has 0 amide bonds. The molecular weight excluding hydrogens is 246 g/mol. The van der Waals surface area contributed by atoms with Gasteiger partial charge in [0.1, 0.15) is 5.52 Å². The second kappa shape index (κ2) is 4.05. The molecule has 0 spiro atoms. The molecule has 0 radical (unpaired) electrons. The summed E-state index contributed by atoms with van der Waals surface area (Å²) in [5.74, 6) is -1.03. The van der Waals surface area contributed by atoms with Crippen molar-refractivity contribution >= 4 is 22.8 Å². The second-order valence-electron chi connectivity index (χ2n) is 4.01. The van der Waals surface area contributed by atoms with E-state index in [2.05, 4.69) is 20.4 Å². The van der Waals surface area contributed by atoms with Gasteiger partial charge in [-0.25, -0.2) is 9.78 Å². The summed E-state index contributed by atoms with van der Waals surface area (Å²) in [4.78, 5) is 15.3. The first kappa shape index (κ1) is 11.1. The third-order valence-corrected chi connectivity index (χ3v) is 2.68. The van der Waals surface area contributed by atoms with Gasteiger partial charge in [0.25, 0.3) is 0 Å². The highest BCUT2D eigenvalue weighted by molar-refractivity contribution is 5.91. The van der Waals surface area contributed by atoms with E-state index in [1.54, 1.807) is 18.2 Å². The Labute approximate surface area is 107 Å². The van der Waals surface area contributed by atoms with Crippen LogP contribution in [0.25, 0.3) is 22.4 Å². The Hall–Kier alpha value is -2.96. The van der Waals surface area contributed by atoms with Gasteiger partial charge < -0.3 is 10.8 Å². The number of anilines is 1. The topological polar surface area (TPSA) is 118 Å². The number of rotatable bonds is 2. The molecule has 0 saturated heterocycles. The lowest BCUT2D eigenvalue weighted by Crippen LogP contribution is -1.99. The van der Waals surface area contributed by atoms with Crippen LogP contribution in [0, 0.1) is 0 Å². The Bertz CT molecular complexity index is 781. The van der Waals surface area contributed by atoms with Crippen LogP contribution in [0.2, 0.25) is 0 Å². The number of hydrogen-bond acceptors (Lipinski definition) is 5. The lowest BCUT2D eigenvalue weighted by molar-refractivity contribution is 0.0697. The van der Waals surface area contributed by atoms with Gasteiger partial charge in [-0.1, -0.05) is 0 Å². The molecule has 7 nitrogen and oxygen atoms in total. The van der Waals surface area contributed by atoms with Gasteiger partial charge in [0.2, 0.25) is 5.65 Å². The maximum absolute atomic E-state index is 11.0. The van der Waals surface area contributed by atoms with Crippen molar-refractivity contribution in [1.82, 2.24) is 20.4 Å². The molecule has 0 aliphatic carbocycles. The minimum absolute atomic E-state index is 0.122. The molecule has 3 rings (SSSR count). The Morgan fingerprint density at radius 2 is 2.05 bits per heavy atom. The molecule has 0 aliphatic rings. The molecule has 1 aromatic carbocycles. The van der Waals surface area contributed by atoms with E-state index in [1.807, 2.05) is 0 Å². The average molecular weight is 255 g/mol. The standard InChI is InChI=1S/C12H9N5O2/c13-8-4-6(3-7(5-8)12(18)19)9-1-2-10-11(14-9)16-17-15-10/h1-5H,13H2,(H,18,19)(H,14,15,16,17). The fraction of sp³-hybridized carbons (Fsp3) is 0. The maximum atomic E-state index is 11.0. The van der Waals surface area contributed by atoms with E-state index < -0.39 is 5.97 Å². The summed E-state index contributed by atoms with van der Waals surface area (Å²) in [5.41, 5.74) is 8.53. The second-order valence-corrected chi connectivity index (χ2v) is 4.01. The van der Waals surface area contributed by atoms with Gasteiger partial charge in [0.05, 0.1) is 11.3 Å². The first-order chi connectivity index (χ1) is 9.13. The number of hydrogen-bond donors (Lipinski definition) is 3. The van der Waals surface area contributed by atoms with E-state index in [0.717, 1.165) is 0 Å². The van der Waals surface area contributed by atoms with Gasteiger partial charge in [0.15, 0.2) is 0 Å². The number of nitrogens with two attached hydrogens (primary N) is 1. The van der Waals surface area contributed by atoms with Crippen LogP contribution in [0.15, 0.2) is 30.3 Å². The summed E-state index contributed by atoms with van der Waals surface area (Å²) in [6.45, 7) is 0. The summed E-state index contributed by atoms with van der Waals surface area (Å²) in [6.07, 6.45) is 0. The van der Waals surface area contributed by atoms with Gasteiger partial charge in [-0.05, 0) is 30.3 Å². The number of nitrogens with zero attached hydrogens (tertiary/aromatic N) is 3. The van der Waals surface area contributed by atoms with E-state index in [0.29, 0.717) is 28.1 Å². The third-order valence-electron chi connectivity index (χ3n) is 2.68. The lowest BCUT2D eigenvalue weighted by atomic mass is 10.1. The number of benzene rings is 1. The first-order valence-electron chi connectivity index (χ1n) is 5.45. The van der Waals surface area contributed by atoms with E-state index in [-0.39, 0.29) is 5.56 Å². The fourth-order valence-electron chi connectivity index (χ4n) is 1.82. The Balaban J connectivity index is 2.17. The Kier molecular flexibility index (Phi) is 2.38. The van der Waals surface area contributed by atoms with E-state index in [4.69, 9.17) is 10.8 Å². The molecule has 2 heterocycles. The summed E-state index contributed by atoms with van der Waals surface area (Å²) in [7, 11) is 0. The van der Waals surface area contributed by atoms with E-state index in [1.165, 1.54) is 12.1 Å². The number of aromatic carboxylic acids is 1. The van der Waals surface area contributed by atoms with Gasteiger partial charge >= 0.3 is 5.97 Å². The number of H-pyrrole nitrogens is 1. The zero-order valence-electron chi connectivity index (χ0n) is 9.66. The Morgan fingerprint density at radius 3 is 2.84 bits per heavy atom. The van der Waals surface area contributed by atoms with Crippen molar-refractivity contribution in [2.45, 2.75) is 0 Å². The van der Waals surface area contributed by atoms with E-state index >= 15 is 0 Å². The van der Waals surface area contributed by atoms with Crippen molar-refractivity contribution in [3.8, 4) is 11.3 Å². The molecule has 0 saturated carbocycles. The molecule has 7 heteroatoms. The minimum atomic E-state index is -1.03. The smallest absolute Gasteiger partial charge is 0.335 e. The van der Waals surface area contributed by atoms with Crippen molar-refractivity contribution < 1.29 is 9.90 Å². The van der Waals surface area contributed by atoms with E-state index in [9.17, 15) is 4.79 Å². The molecular formula is C12H9N5O2. The fourth-order valence-corrected chi connectivity index (χ4v) is 1.82. The van der Waals surface area contributed by atoms with Crippen LogP contribution < -0.4 is 5.73 Å². The molecule has 2 aromatic heterocycles. The number of carboxylic acid groups (broad SMARTS) is 1. The maximum Gasteiger partial charge on any atom is 0.335 e. The van der Waals surface area contributed by atoms with Crippen LogP contribution in [-0.4, -0.2) is 31.5 Å². The molecule has 3 aromatic rings. The van der Waals surface area contributed by atoms with Crippen molar-refractivity contribution in [1.29, 1.82) is 0 Å². The lowest BCUT2D eigenvalue weighted by Gasteiger charge is -2.04. The van der Waals surface area contributed by atoms with Crippen molar-refractivity contribution in [2.75, 3.05) is 5.73 Å². The highest BCUT2D eigenvalue weighted by Gasteiger charge is 2.09. The highest BCUT2D eigenvalue weighted by atomic mass is 16.4. The number of nitrogen functional groups attached to an aromatic ring is 1. The van der Waals surface area contributed by atoms with Crippen LogP contribution in [0.1, 0.15) is 10.4 Å². The Morgan fingerprint density at radius 1 is 1.21 bits per heavy atom. The van der Waals surface area contributed by atoms with Crippen LogP contribution in [0.4, 0.5) is 5.69 Å². The summed E-state index contributed by atoms with van der Waals surface area (Å²) < 4.78 is 0. The molecule has 0 aliphatic heterocycles. The normalized spacial score (nSPS) is 10.7. The van der Waals surface area contributed by atoms with Gasteiger partial charge in [-0.2, -0.15) is 10.3 Å². The average Bonchev–Trinajstić information content (AvgIpc) is 2.85. The first-order valence-corrected chi connectivity index (χ1v) is 5.45. The predicted molar refractivity (Wildman–Crippen MR) is 68.5 cm³/mol. The zero-order valence-corrected chi connectivity index (χ0v) is 9.66. The number of fused-ring (bicyclic) bond motifs is 1. The molecule has 0 unspecified atom stereocenters. The summed E-state index contributed by atoms with van der Waals surface area (Å²) in [6, 6.07) is 8.09. The van der Waals surface area contributed by atoms with Crippen molar-refractivity contribution in [3.05, 3.63) is 35.9 Å². The highest BCUT2D eigenvalue weighted by Crippen LogP contribution is 2.23. The molecule has 19 heavy (non-hydrogen) atoms. The number of aromatic amines is 1. The number of aromatic nitrogens is 4. The minimum Gasteiger partial charge on any atom is -0.478 e. The number of pyridine rings is 1. The number of carbonyl (C=O) groups is 1. The van der Waals surface area contributed by atoms with Crippen LogP contribution in [0.5, 0.6) is 0 Å². The predicted octanol–water partition coefficient (Wildman–Crippen LogP) is 1.30. The van der Waals surface area contributed by atoms with Crippen LogP contribution >= 0.6 is 0 Å². The van der Waals surface area contributed by atoms with Crippen LogP contribution in [-0.2, 0) is 0 Å². The van der Waals surface area contributed by atoms with Gasteiger partial charge in [-0.3, -0.25) is 0 Å². The summed E-state index contributed by atoms with van der Waals surface area (Å²) >= 11 is 0. The van der Waals surface area contributed by atoms with Gasteiger partial charge in [0, 0.05) is 11.3 Å². The van der Waals surface area contributed by atoms with Crippen molar-refractivity contribution in [2.24, 2.45) is 0 Å². The SMILES string of the molecule is Nc1cc(C(=O)O)cc(-c2ccc3n[nH]nc3n2)c1. The third kappa shape index (κ3) is 1.97.